The van der Waals surface area contributed by atoms with Gasteiger partial charge in [-0.2, -0.15) is 0 Å². The molecule has 1 heterocycles. The van der Waals surface area contributed by atoms with Crippen LogP contribution >= 0.6 is 0 Å². The van der Waals surface area contributed by atoms with Gasteiger partial charge < -0.3 is 10.1 Å². The van der Waals surface area contributed by atoms with Gasteiger partial charge in [-0.3, -0.25) is 0 Å². The summed E-state index contributed by atoms with van der Waals surface area (Å²) in [6.07, 6.45) is 3.93. The molecule has 0 aliphatic carbocycles. The maximum Gasteiger partial charge on any atom is 0.0466 e. The SMILES string of the molecule is C1CCOCC1.CNc1ccccc1. The molecule has 1 fully saturated rings. The van der Waals surface area contributed by atoms with Gasteiger partial charge in [-0.1, -0.05) is 18.2 Å². The molecule has 1 aromatic carbocycles. The summed E-state index contributed by atoms with van der Waals surface area (Å²) in [6, 6.07) is 10.1. The van der Waals surface area contributed by atoms with Crippen LogP contribution in [0.15, 0.2) is 30.3 Å². The second-order valence-electron chi connectivity index (χ2n) is 3.29. The third kappa shape index (κ3) is 4.87. The van der Waals surface area contributed by atoms with Crippen molar-refractivity contribution in [3.63, 3.8) is 0 Å². The molecule has 14 heavy (non-hydrogen) atoms. The molecule has 0 amide bonds. The molecule has 0 aromatic heterocycles. The van der Waals surface area contributed by atoms with Gasteiger partial charge in [0.1, 0.15) is 0 Å². The topological polar surface area (TPSA) is 21.3 Å². The van der Waals surface area contributed by atoms with Gasteiger partial charge in [0.25, 0.3) is 0 Å². The van der Waals surface area contributed by atoms with Crippen LogP contribution in [-0.4, -0.2) is 20.3 Å². The number of para-hydroxylation sites is 1. The van der Waals surface area contributed by atoms with Crippen LogP contribution in [0.1, 0.15) is 19.3 Å². The van der Waals surface area contributed by atoms with Crippen molar-refractivity contribution in [3.8, 4) is 0 Å². The molecule has 78 valence electrons. The van der Waals surface area contributed by atoms with Crippen molar-refractivity contribution in [1.29, 1.82) is 0 Å². The van der Waals surface area contributed by atoms with Crippen LogP contribution in [0.2, 0.25) is 0 Å². The second-order valence-corrected chi connectivity index (χ2v) is 3.29. The Morgan fingerprint density at radius 2 is 1.64 bits per heavy atom. The van der Waals surface area contributed by atoms with E-state index in [1.165, 1.54) is 19.3 Å². The Hall–Kier alpha value is -1.02. The molecule has 0 radical (unpaired) electrons. The molecule has 0 atom stereocenters. The molecule has 1 aliphatic rings. The van der Waals surface area contributed by atoms with Crippen LogP contribution in [0.25, 0.3) is 0 Å². The van der Waals surface area contributed by atoms with Crippen molar-refractivity contribution in [3.05, 3.63) is 30.3 Å². The molecule has 1 aromatic rings. The molecule has 2 rings (SSSR count). The highest BCUT2D eigenvalue weighted by Gasteiger charge is 1.95. The van der Waals surface area contributed by atoms with E-state index in [9.17, 15) is 0 Å². The summed E-state index contributed by atoms with van der Waals surface area (Å²) in [7, 11) is 1.91. The van der Waals surface area contributed by atoms with Gasteiger partial charge in [-0.05, 0) is 31.4 Å². The fraction of sp³-hybridized carbons (Fsp3) is 0.500. The van der Waals surface area contributed by atoms with Crippen molar-refractivity contribution in [2.45, 2.75) is 19.3 Å². The number of anilines is 1. The summed E-state index contributed by atoms with van der Waals surface area (Å²) in [6.45, 7) is 2.00. The summed E-state index contributed by atoms with van der Waals surface area (Å²) in [5.41, 5.74) is 1.16. The Balaban J connectivity index is 0.000000146. The smallest absolute Gasteiger partial charge is 0.0466 e. The maximum absolute atomic E-state index is 5.07. The van der Waals surface area contributed by atoms with Crippen LogP contribution in [0, 0.1) is 0 Å². The van der Waals surface area contributed by atoms with Gasteiger partial charge in [-0.25, -0.2) is 0 Å². The van der Waals surface area contributed by atoms with E-state index in [1.54, 1.807) is 0 Å². The summed E-state index contributed by atoms with van der Waals surface area (Å²) in [4.78, 5) is 0. The van der Waals surface area contributed by atoms with Gasteiger partial charge in [0.15, 0.2) is 0 Å². The Morgan fingerprint density at radius 1 is 1.00 bits per heavy atom. The lowest BCUT2D eigenvalue weighted by atomic mass is 10.2. The third-order valence-electron chi connectivity index (χ3n) is 2.14. The van der Waals surface area contributed by atoms with E-state index in [0.717, 1.165) is 18.9 Å². The minimum absolute atomic E-state index is 1.00. The average Bonchev–Trinajstić information content (AvgIpc) is 2.33. The lowest BCUT2D eigenvalue weighted by molar-refractivity contribution is 0.0968. The maximum atomic E-state index is 5.07. The predicted molar refractivity (Wildman–Crippen MR) is 60.7 cm³/mol. The Morgan fingerprint density at radius 3 is 1.93 bits per heavy atom. The standard InChI is InChI=1S/C7H9N.C5H10O/c1-8-7-5-3-2-4-6-7;1-2-4-6-5-3-1/h2-6,8H,1H3;1-5H2. The van der Waals surface area contributed by atoms with E-state index in [2.05, 4.69) is 5.32 Å². The van der Waals surface area contributed by atoms with Crippen molar-refractivity contribution in [2.75, 3.05) is 25.6 Å². The van der Waals surface area contributed by atoms with E-state index in [4.69, 9.17) is 4.74 Å². The average molecular weight is 193 g/mol. The largest absolute Gasteiger partial charge is 0.388 e. The van der Waals surface area contributed by atoms with Gasteiger partial charge in [-0.15, -0.1) is 0 Å². The van der Waals surface area contributed by atoms with E-state index in [0.29, 0.717) is 0 Å². The molecule has 2 heteroatoms. The van der Waals surface area contributed by atoms with Crippen LogP contribution in [0.5, 0.6) is 0 Å². The Labute approximate surface area is 86.3 Å². The van der Waals surface area contributed by atoms with Crippen LogP contribution in [0.4, 0.5) is 5.69 Å². The first-order chi connectivity index (χ1) is 6.93. The summed E-state index contributed by atoms with van der Waals surface area (Å²) in [5, 5.41) is 3.03. The first kappa shape index (κ1) is 11.1. The van der Waals surface area contributed by atoms with Gasteiger partial charge in [0.05, 0.1) is 0 Å². The predicted octanol–water partition coefficient (Wildman–Crippen LogP) is 2.92. The van der Waals surface area contributed by atoms with Crippen LogP contribution in [0.3, 0.4) is 0 Å². The molecule has 1 saturated heterocycles. The molecular weight excluding hydrogens is 174 g/mol. The van der Waals surface area contributed by atoms with E-state index < -0.39 is 0 Å². The second kappa shape index (κ2) is 7.39. The number of hydrogen-bond acceptors (Lipinski definition) is 2. The minimum atomic E-state index is 1.00. The Bertz CT molecular complexity index is 208. The Kier molecular flexibility index (Phi) is 5.84. The van der Waals surface area contributed by atoms with Crippen molar-refractivity contribution < 1.29 is 4.74 Å². The normalized spacial score (nSPS) is 15.2. The molecule has 0 spiro atoms. The monoisotopic (exact) mass is 193 g/mol. The minimum Gasteiger partial charge on any atom is -0.388 e. The lowest BCUT2D eigenvalue weighted by Crippen LogP contribution is -2.03. The highest BCUT2D eigenvalue weighted by Crippen LogP contribution is 2.02. The number of benzene rings is 1. The molecule has 0 saturated carbocycles. The number of nitrogens with one attached hydrogen (secondary N) is 1. The fourth-order valence-corrected chi connectivity index (χ4v) is 1.29. The first-order valence-electron chi connectivity index (χ1n) is 5.24. The number of rotatable bonds is 1. The van der Waals surface area contributed by atoms with E-state index in [-0.39, 0.29) is 0 Å². The van der Waals surface area contributed by atoms with Gasteiger partial charge in [0, 0.05) is 25.9 Å². The molecule has 0 unspecified atom stereocenters. The van der Waals surface area contributed by atoms with E-state index in [1.807, 2.05) is 37.4 Å². The van der Waals surface area contributed by atoms with Crippen LogP contribution in [-0.2, 0) is 4.74 Å². The van der Waals surface area contributed by atoms with Crippen molar-refractivity contribution in [2.24, 2.45) is 0 Å². The summed E-state index contributed by atoms with van der Waals surface area (Å²) >= 11 is 0. The van der Waals surface area contributed by atoms with Crippen molar-refractivity contribution >= 4 is 5.69 Å². The number of hydrogen-bond donors (Lipinski definition) is 1. The first-order valence-corrected chi connectivity index (χ1v) is 5.24. The molecule has 1 aliphatic heterocycles. The highest BCUT2D eigenvalue weighted by molar-refractivity contribution is 5.41. The summed E-state index contributed by atoms with van der Waals surface area (Å²) < 4.78 is 5.07. The number of ether oxygens (including phenoxy) is 1. The van der Waals surface area contributed by atoms with Crippen molar-refractivity contribution in [1.82, 2.24) is 0 Å². The fourth-order valence-electron chi connectivity index (χ4n) is 1.29. The molecule has 1 N–H and O–H groups in total. The zero-order valence-electron chi connectivity index (χ0n) is 8.83. The highest BCUT2D eigenvalue weighted by atomic mass is 16.5. The summed E-state index contributed by atoms with van der Waals surface area (Å²) in [5.74, 6) is 0. The lowest BCUT2D eigenvalue weighted by Gasteiger charge is -2.08. The van der Waals surface area contributed by atoms with Crippen LogP contribution < -0.4 is 5.32 Å². The third-order valence-corrected chi connectivity index (χ3v) is 2.14. The zero-order valence-corrected chi connectivity index (χ0v) is 8.83. The molecule has 2 nitrogen and oxygen atoms in total. The van der Waals surface area contributed by atoms with Gasteiger partial charge in [0.2, 0.25) is 0 Å². The molecular formula is C12H19NO. The quantitative estimate of drug-likeness (QED) is 0.740. The van der Waals surface area contributed by atoms with Gasteiger partial charge >= 0.3 is 0 Å². The zero-order chi connectivity index (χ0) is 10.1. The molecule has 0 bridgehead atoms. The van der Waals surface area contributed by atoms with E-state index >= 15 is 0 Å².